The fourth-order valence-electron chi connectivity index (χ4n) is 5.14. The minimum absolute atomic E-state index is 0. The SMILES string of the molecule is CCCP(CCC)CCC.CCCP(CCC)CCC.CCCP(CCC)CCC.CCCP(CCC)CCC.[Ru]. The van der Waals surface area contributed by atoms with Crippen LogP contribution in [-0.4, -0.2) is 73.9 Å². The molecule has 0 radical (unpaired) electrons. The van der Waals surface area contributed by atoms with Gasteiger partial charge >= 0.3 is 0 Å². The minimum atomic E-state index is 0. The fourth-order valence-corrected chi connectivity index (χ4v) is 15.4. The Bertz CT molecular complexity index is 269. The summed E-state index contributed by atoms with van der Waals surface area (Å²) in [7, 11) is 1.76. The van der Waals surface area contributed by atoms with Gasteiger partial charge in [-0.1, -0.05) is 160 Å². The molecule has 0 spiro atoms. The van der Waals surface area contributed by atoms with Crippen molar-refractivity contribution in [3.63, 3.8) is 0 Å². The van der Waals surface area contributed by atoms with Gasteiger partial charge in [-0.25, -0.2) is 0 Å². The summed E-state index contributed by atoms with van der Waals surface area (Å²) in [5, 5.41) is 0. The summed E-state index contributed by atoms with van der Waals surface area (Å²) in [4.78, 5) is 0. The van der Waals surface area contributed by atoms with Gasteiger partial charge < -0.3 is 0 Å². The summed E-state index contributed by atoms with van der Waals surface area (Å²) in [6, 6.07) is 0. The maximum atomic E-state index is 2.31. The zero-order chi connectivity index (χ0) is 31.3. The summed E-state index contributed by atoms with van der Waals surface area (Å²) < 4.78 is 0. The molecule has 0 aliphatic carbocycles. The molecule has 0 N–H and O–H groups in total. The zero-order valence-corrected chi connectivity index (χ0v) is 36.4. The smallest absolute Gasteiger partial charge is 0 e. The van der Waals surface area contributed by atoms with E-state index in [2.05, 4.69) is 83.1 Å². The monoisotopic (exact) mass is 742 g/mol. The third-order valence-electron chi connectivity index (χ3n) is 6.48. The zero-order valence-electron chi connectivity index (χ0n) is 31.1. The maximum Gasteiger partial charge on any atom is 0 e. The molecule has 0 bridgehead atoms. The van der Waals surface area contributed by atoms with Crippen molar-refractivity contribution in [3.8, 4) is 0 Å². The third-order valence-corrected chi connectivity index (χ3v) is 19.4. The molecule has 0 fully saturated rings. The normalized spacial score (nSPS) is 10.5. The van der Waals surface area contributed by atoms with E-state index in [0.717, 1.165) is 0 Å². The average molecular weight is 742 g/mol. The van der Waals surface area contributed by atoms with Crippen LogP contribution in [0.2, 0.25) is 0 Å². The molecule has 5 heteroatoms. The van der Waals surface area contributed by atoms with E-state index in [9.17, 15) is 0 Å². The molecule has 0 aromatic rings. The topological polar surface area (TPSA) is 0 Å². The van der Waals surface area contributed by atoms with Gasteiger partial charge in [0.25, 0.3) is 0 Å². The molecule has 0 unspecified atom stereocenters. The first kappa shape index (κ1) is 52.9. The van der Waals surface area contributed by atoms with Crippen LogP contribution in [0.1, 0.15) is 160 Å². The molecule has 0 aromatic carbocycles. The van der Waals surface area contributed by atoms with Crippen molar-refractivity contribution >= 4 is 31.7 Å². The van der Waals surface area contributed by atoms with Crippen LogP contribution < -0.4 is 0 Å². The van der Waals surface area contributed by atoms with Gasteiger partial charge in [0.1, 0.15) is 0 Å². The Balaban J connectivity index is -0.000000139. The van der Waals surface area contributed by atoms with Crippen molar-refractivity contribution in [1.82, 2.24) is 0 Å². The number of hydrogen-bond donors (Lipinski definition) is 0. The van der Waals surface area contributed by atoms with Crippen LogP contribution in [0.3, 0.4) is 0 Å². The van der Waals surface area contributed by atoms with E-state index in [4.69, 9.17) is 0 Å². The van der Waals surface area contributed by atoms with Crippen LogP contribution >= 0.6 is 31.7 Å². The van der Waals surface area contributed by atoms with Gasteiger partial charge in [0.2, 0.25) is 0 Å². The summed E-state index contributed by atoms with van der Waals surface area (Å²) in [5.74, 6) is 0. The molecule has 0 saturated heterocycles. The third kappa shape index (κ3) is 46.9. The summed E-state index contributed by atoms with van der Waals surface area (Å²) in [5.41, 5.74) is 0. The Hall–Kier alpha value is 2.34. The van der Waals surface area contributed by atoms with Crippen LogP contribution in [0, 0.1) is 0 Å². The number of hydrogen-bond acceptors (Lipinski definition) is 0. The quantitative estimate of drug-likeness (QED) is 0.0683. The van der Waals surface area contributed by atoms with Crippen molar-refractivity contribution in [2.75, 3.05) is 73.9 Å². The standard InChI is InChI=1S/4C9H21P.Ru/c4*1-4-7-10(8-5-2)9-6-3;/h4*4-9H2,1-3H3;. The van der Waals surface area contributed by atoms with Crippen molar-refractivity contribution in [1.29, 1.82) is 0 Å². The van der Waals surface area contributed by atoms with Crippen LogP contribution in [0.15, 0.2) is 0 Å². The van der Waals surface area contributed by atoms with Gasteiger partial charge in [-0.15, -0.1) is 31.7 Å². The molecule has 0 aliphatic rings. The molecule has 41 heavy (non-hydrogen) atoms. The van der Waals surface area contributed by atoms with Crippen LogP contribution in [0.4, 0.5) is 0 Å². The first-order valence-electron chi connectivity index (χ1n) is 18.3. The van der Waals surface area contributed by atoms with E-state index < -0.39 is 0 Å². The van der Waals surface area contributed by atoms with Crippen LogP contribution in [0.5, 0.6) is 0 Å². The first-order valence-corrected chi connectivity index (χ1v) is 25.9. The predicted octanol–water partition coefficient (Wildman–Crippen LogP) is 14.8. The summed E-state index contributed by atoms with van der Waals surface area (Å²) in [6.45, 7) is 27.7. The van der Waals surface area contributed by atoms with Gasteiger partial charge in [-0.3, -0.25) is 0 Å². The second-order valence-electron chi connectivity index (χ2n) is 11.4. The summed E-state index contributed by atoms with van der Waals surface area (Å²) in [6.07, 6.45) is 34.9. The van der Waals surface area contributed by atoms with Gasteiger partial charge in [0.15, 0.2) is 0 Å². The molecule has 0 saturated carbocycles. The van der Waals surface area contributed by atoms with Gasteiger partial charge in [0.05, 0.1) is 0 Å². The second kappa shape index (κ2) is 49.2. The minimum Gasteiger partial charge on any atom is -0.107 e. The van der Waals surface area contributed by atoms with Gasteiger partial charge in [0, 0.05) is 19.5 Å². The van der Waals surface area contributed by atoms with Crippen molar-refractivity contribution in [2.24, 2.45) is 0 Å². The molecule has 256 valence electrons. The molecule has 0 atom stereocenters. The average Bonchev–Trinajstić information content (AvgIpc) is 2.92. The molecule has 0 nitrogen and oxygen atoms in total. The Morgan fingerprint density at radius 3 is 0.317 bits per heavy atom. The Morgan fingerprint density at radius 1 is 0.195 bits per heavy atom. The van der Waals surface area contributed by atoms with Crippen molar-refractivity contribution < 1.29 is 19.5 Å². The molecule has 0 amide bonds. The molecule has 0 rings (SSSR count). The van der Waals surface area contributed by atoms with E-state index in [0.29, 0.717) is 31.7 Å². The Labute approximate surface area is 283 Å². The predicted molar refractivity (Wildman–Crippen MR) is 210 cm³/mol. The van der Waals surface area contributed by atoms with Crippen LogP contribution in [0.25, 0.3) is 0 Å². The van der Waals surface area contributed by atoms with E-state index in [1.54, 1.807) is 0 Å². The van der Waals surface area contributed by atoms with Gasteiger partial charge in [-0.2, -0.15) is 0 Å². The van der Waals surface area contributed by atoms with Crippen molar-refractivity contribution in [2.45, 2.75) is 160 Å². The fraction of sp³-hybridized carbons (Fsp3) is 1.00. The molecule has 0 aliphatic heterocycles. The number of rotatable bonds is 24. The largest absolute Gasteiger partial charge is 0.107 e. The maximum absolute atomic E-state index is 2.31. The van der Waals surface area contributed by atoms with E-state index >= 15 is 0 Å². The molecular weight excluding hydrogens is 657 g/mol. The first-order chi connectivity index (χ1) is 19.4. The Kier molecular flexibility index (Phi) is 63.5. The second-order valence-corrected chi connectivity index (χ2v) is 22.1. The van der Waals surface area contributed by atoms with Crippen molar-refractivity contribution in [3.05, 3.63) is 0 Å². The van der Waals surface area contributed by atoms with E-state index in [1.165, 1.54) is 151 Å². The Morgan fingerprint density at radius 2 is 0.268 bits per heavy atom. The molecule has 0 aromatic heterocycles. The van der Waals surface area contributed by atoms with E-state index in [1.807, 2.05) is 0 Å². The molecular formula is C36H84P4Ru. The summed E-state index contributed by atoms with van der Waals surface area (Å²) >= 11 is 0. The molecule has 0 heterocycles. The van der Waals surface area contributed by atoms with Gasteiger partial charge in [-0.05, 0) is 73.9 Å². The van der Waals surface area contributed by atoms with E-state index in [-0.39, 0.29) is 19.5 Å². The van der Waals surface area contributed by atoms with Crippen LogP contribution in [-0.2, 0) is 19.5 Å².